The molecule has 1 aliphatic carbocycles. The number of thiophene rings is 1. The van der Waals surface area contributed by atoms with E-state index in [2.05, 4.69) is 20.0 Å². The third kappa shape index (κ3) is 3.98. The molecular weight excluding hydrogens is 502 g/mol. The maximum absolute atomic E-state index is 13.7. The predicted molar refractivity (Wildman–Crippen MR) is 136 cm³/mol. The molecule has 0 bridgehead atoms. The van der Waals surface area contributed by atoms with Crippen molar-refractivity contribution in [1.82, 2.24) is 33.8 Å². The zero-order chi connectivity index (χ0) is 25.2. The van der Waals surface area contributed by atoms with Gasteiger partial charge in [0, 0.05) is 29.7 Å². The fraction of sp³-hybridized carbons (Fsp3) is 0.304. The lowest BCUT2D eigenvalue weighted by Crippen LogP contribution is -2.40. The summed E-state index contributed by atoms with van der Waals surface area (Å²) >= 11 is 0.935. The molecule has 0 spiro atoms. The maximum atomic E-state index is 13.7. The highest BCUT2D eigenvalue weighted by Crippen LogP contribution is 2.37. The molecule has 0 aliphatic heterocycles. The number of rotatable bonds is 7. The molecule has 6 rings (SSSR count). The van der Waals surface area contributed by atoms with Gasteiger partial charge in [0.2, 0.25) is 0 Å². The average molecular weight is 526 g/mol. The highest BCUT2D eigenvalue weighted by atomic mass is 32.2. The van der Waals surface area contributed by atoms with Crippen LogP contribution in [0.15, 0.2) is 56.7 Å². The minimum Gasteiger partial charge on any atom is -0.280 e. The third-order valence-corrected chi connectivity index (χ3v) is 9.73. The Balaban J connectivity index is 1.53. The molecule has 0 atom stereocenters. The molecule has 0 saturated heterocycles. The largest absolute Gasteiger partial charge is 0.332 e. The van der Waals surface area contributed by atoms with Crippen molar-refractivity contribution < 1.29 is 8.42 Å². The number of hydrogen-bond donors (Lipinski definition) is 2. The van der Waals surface area contributed by atoms with Crippen LogP contribution >= 0.6 is 11.3 Å². The van der Waals surface area contributed by atoms with Crippen molar-refractivity contribution in [2.45, 2.75) is 42.6 Å². The van der Waals surface area contributed by atoms with Gasteiger partial charge in [0.05, 0.1) is 36.4 Å². The zero-order valence-electron chi connectivity index (χ0n) is 19.6. The fourth-order valence-corrected chi connectivity index (χ4v) is 7.17. The van der Waals surface area contributed by atoms with Crippen LogP contribution in [-0.4, -0.2) is 43.1 Å². The molecule has 36 heavy (non-hydrogen) atoms. The van der Waals surface area contributed by atoms with Gasteiger partial charge in [-0.15, -0.1) is 11.3 Å². The summed E-state index contributed by atoms with van der Waals surface area (Å²) in [6, 6.07) is 7.03. The molecule has 1 aliphatic rings. The van der Waals surface area contributed by atoms with Crippen LogP contribution in [0, 0.1) is 0 Å². The van der Waals surface area contributed by atoms with Crippen LogP contribution in [0.25, 0.3) is 21.1 Å². The Morgan fingerprint density at radius 2 is 1.89 bits per heavy atom. The number of hydrogen-bond acceptors (Lipinski definition) is 7. The summed E-state index contributed by atoms with van der Waals surface area (Å²) in [7, 11) is -2.09. The molecule has 11 nitrogen and oxygen atoms in total. The molecule has 186 valence electrons. The molecule has 1 aromatic carbocycles. The Bertz CT molecular complexity index is 1870. The highest BCUT2D eigenvalue weighted by Gasteiger charge is 2.41. The van der Waals surface area contributed by atoms with E-state index in [1.165, 1.54) is 10.6 Å². The van der Waals surface area contributed by atoms with E-state index in [9.17, 15) is 18.0 Å². The second-order valence-corrected chi connectivity index (χ2v) is 12.5. The summed E-state index contributed by atoms with van der Waals surface area (Å²) in [6.45, 7) is 2.03. The summed E-state index contributed by atoms with van der Waals surface area (Å²) in [5.74, 6) is 0. The van der Waals surface area contributed by atoms with E-state index in [4.69, 9.17) is 0 Å². The van der Waals surface area contributed by atoms with Gasteiger partial charge >= 0.3 is 5.69 Å². The lowest BCUT2D eigenvalue weighted by atomic mass is 10.1. The number of sulfonamides is 1. The molecule has 4 aromatic heterocycles. The van der Waals surface area contributed by atoms with Crippen molar-refractivity contribution in [2.75, 3.05) is 0 Å². The molecule has 0 unspecified atom stereocenters. The number of nitrogens with one attached hydrogen (secondary N) is 2. The van der Waals surface area contributed by atoms with Gasteiger partial charge in [0.25, 0.3) is 15.6 Å². The lowest BCUT2D eigenvalue weighted by Gasteiger charge is -2.12. The quantitative estimate of drug-likeness (QED) is 0.332. The van der Waals surface area contributed by atoms with Gasteiger partial charge < -0.3 is 0 Å². The van der Waals surface area contributed by atoms with Gasteiger partial charge in [-0.2, -0.15) is 10.2 Å². The SMILES string of the molecule is Cn1cc(Cn2c(=O)c3cc(S(=O)(=O)NC4(C)CC4)sc3n(Cc3ccc4[nH]ncc4c3)c2=O)cn1. The summed E-state index contributed by atoms with van der Waals surface area (Å²) < 4.78 is 33.1. The first-order chi connectivity index (χ1) is 17.1. The lowest BCUT2D eigenvalue weighted by molar-refractivity contribution is 0.560. The van der Waals surface area contributed by atoms with Gasteiger partial charge in [-0.3, -0.25) is 23.7 Å². The smallest absolute Gasteiger partial charge is 0.280 e. The van der Waals surface area contributed by atoms with E-state index >= 15 is 0 Å². The Morgan fingerprint density at radius 1 is 1.11 bits per heavy atom. The van der Waals surface area contributed by atoms with Gasteiger partial charge in [-0.05, 0) is 43.5 Å². The third-order valence-electron chi connectivity index (χ3n) is 6.46. The first kappa shape index (κ1) is 22.9. The molecule has 0 radical (unpaired) electrons. The molecule has 13 heteroatoms. The first-order valence-corrected chi connectivity index (χ1v) is 13.6. The van der Waals surface area contributed by atoms with Crippen LogP contribution in [0.1, 0.15) is 30.9 Å². The number of nitrogens with zero attached hydrogens (tertiary/aromatic N) is 5. The molecule has 0 amide bonds. The zero-order valence-corrected chi connectivity index (χ0v) is 21.2. The summed E-state index contributed by atoms with van der Waals surface area (Å²) in [5, 5.41) is 12.1. The Labute approximate surface area is 209 Å². The normalized spacial score (nSPS) is 15.2. The van der Waals surface area contributed by atoms with Crippen LogP contribution in [0.3, 0.4) is 0 Å². The number of aromatic nitrogens is 6. The number of aryl methyl sites for hydroxylation is 1. The molecular formula is C23H23N7O4S2. The van der Waals surface area contributed by atoms with Crippen LogP contribution in [0.4, 0.5) is 0 Å². The van der Waals surface area contributed by atoms with Crippen molar-refractivity contribution >= 4 is 42.5 Å². The van der Waals surface area contributed by atoms with E-state index in [0.717, 1.165) is 45.2 Å². The van der Waals surface area contributed by atoms with Crippen LogP contribution < -0.4 is 16.0 Å². The van der Waals surface area contributed by atoms with E-state index < -0.39 is 26.8 Å². The fourth-order valence-electron chi connectivity index (χ4n) is 4.26. The number of H-pyrrole nitrogens is 1. The highest BCUT2D eigenvalue weighted by molar-refractivity contribution is 7.91. The molecule has 5 aromatic rings. The van der Waals surface area contributed by atoms with Crippen molar-refractivity contribution in [3.8, 4) is 0 Å². The summed E-state index contributed by atoms with van der Waals surface area (Å²) in [6.07, 6.45) is 6.54. The number of aromatic amines is 1. The first-order valence-electron chi connectivity index (χ1n) is 11.3. The molecule has 1 fully saturated rings. The van der Waals surface area contributed by atoms with Gasteiger partial charge in [-0.1, -0.05) is 6.07 Å². The van der Waals surface area contributed by atoms with Crippen molar-refractivity contribution in [3.63, 3.8) is 0 Å². The monoisotopic (exact) mass is 525 g/mol. The molecule has 4 heterocycles. The van der Waals surface area contributed by atoms with Crippen LogP contribution in [0.2, 0.25) is 0 Å². The predicted octanol–water partition coefficient (Wildman–Crippen LogP) is 1.76. The Kier molecular flexibility index (Phi) is 5.07. The number of fused-ring (bicyclic) bond motifs is 2. The van der Waals surface area contributed by atoms with Crippen LogP contribution in [-0.2, 0) is 30.2 Å². The Hall–Kier alpha value is -3.55. The average Bonchev–Trinajstić information content (AvgIpc) is 3.25. The molecule has 2 N–H and O–H groups in total. The summed E-state index contributed by atoms with van der Waals surface area (Å²) in [4.78, 5) is 27.4. The van der Waals surface area contributed by atoms with Crippen molar-refractivity contribution in [3.05, 3.63) is 74.8 Å². The summed E-state index contributed by atoms with van der Waals surface area (Å²) in [5.41, 5.74) is 0.859. The second-order valence-electron chi connectivity index (χ2n) is 9.52. The van der Waals surface area contributed by atoms with Crippen LogP contribution in [0.5, 0.6) is 0 Å². The van der Waals surface area contributed by atoms with Crippen molar-refractivity contribution in [2.24, 2.45) is 7.05 Å². The standard InChI is InChI=1S/C23H23N7O4S2/c1-23(5-6-23)27-36(33,34)19-8-17-20(31)29(13-15-9-25-28(2)11-15)22(32)30(21(17)35-19)12-14-3-4-18-16(7-14)10-24-26-18/h3-4,7-11,27H,5-6,12-13H2,1-2H3,(H,24,26). The minimum atomic E-state index is -3.85. The topological polar surface area (TPSA) is 137 Å². The Morgan fingerprint density at radius 3 is 2.61 bits per heavy atom. The van der Waals surface area contributed by atoms with Gasteiger partial charge in [-0.25, -0.2) is 17.9 Å². The number of benzene rings is 1. The van der Waals surface area contributed by atoms with Crippen molar-refractivity contribution in [1.29, 1.82) is 0 Å². The van der Waals surface area contributed by atoms with E-state index in [0.29, 0.717) is 10.4 Å². The van der Waals surface area contributed by atoms with E-state index in [-0.39, 0.29) is 22.7 Å². The van der Waals surface area contributed by atoms with Gasteiger partial charge in [0.15, 0.2) is 0 Å². The van der Waals surface area contributed by atoms with Gasteiger partial charge in [0.1, 0.15) is 9.04 Å². The van der Waals surface area contributed by atoms with E-state index in [1.807, 2.05) is 25.1 Å². The second kappa shape index (κ2) is 7.98. The van der Waals surface area contributed by atoms with E-state index in [1.54, 1.807) is 30.3 Å². The molecule has 1 saturated carbocycles. The minimum absolute atomic E-state index is 0.0142. The maximum Gasteiger partial charge on any atom is 0.332 e.